The summed E-state index contributed by atoms with van der Waals surface area (Å²) in [5.41, 5.74) is 5.31. The van der Waals surface area contributed by atoms with Gasteiger partial charge in [0.05, 0.1) is 17.0 Å². The van der Waals surface area contributed by atoms with Crippen LogP contribution in [0.25, 0.3) is 11.0 Å². The third-order valence-corrected chi connectivity index (χ3v) is 7.02. The molecule has 0 aliphatic carbocycles. The van der Waals surface area contributed by atoms with Crippen molar-refractivity contribution in [1.82, 2.24) is 4.90 Å². The van der Waals surface area contributed by atoms with E-state index >= 15 is 0 Å². The lowest BCUT2D eigenvalue weighted by Crippen LogP contribution is -2.29. The summed E-state index contributed by atoms with van der Waals surface area (Å²) in [6.07, 6.45) is 0. The highest BCUT2D eigenvalue weighted by molar-refractivity contribution is 5.99. The maximum Gasteiger partial charge on any atom is 0.291 e. The molecule has 1 aliphatic heterocycles. The fourth-order valence-corrected chi connectivity index (χ4v) is 5.28. The zero-order valence-electron chi connectivity index (χ0n) is 21.3. The van der Waals surface area contributed by atoms with E-state index in [1.54, 1.807) is 4.90 Å². The summed E-state index contributed by atoms with van der Waals surface area (Å²) >= 11 is 0. The topological polar surface area (TPSA) is 59.8 Å². The molecular formula is C33H27NO4. The van der Waals surface area contributed by atoms with Crippen LogP contribution in [0.4, 0.5) is 0 Å². The molecule has 0 saturated heterocycles. The van der Waals surface area contributed by atoms with Crippen molar-refractivity contribution in [2.75, 3.05) is 0 Å². The van der Waals surface area contributed by atoms with E-state index in [9.17, 15) is 9.59 Å². The number of benzene rings is 4. The van der Waals surface area contributed by atoms with Gasteiger partial charge in [0, 0.05) is 6.54 Å². The van der Waals surface area contributed by atoms with Gasteiger partial charge in [-0.15, -0.1) is 0 Å². The van der Waals surface area contributed by atoms with Crippen LogP contribution in [-0.2, 0) is 13.2 Å². The van der Waals surface area contributed by atoms with Gasteiger partial charge in [-0.2, -0.15) is 0 Å². The van der Waals surface area contributed by atoms with Crippen LogP contribution in [0.5, 0.6) is 5.75 Å². The molecular weight excluding hydrogens is 474 g/mol. The van der Waals surface area contributed by atoms with Gasteiger partial charge < -0.3 is 14.1 Å². The normalized spacial score (nSPS) is 14.6. The van der Waals surface area contributed by atoms with Gasteiger partial charge in [0.1, 0.15) is 17.9 Å². The molecule has 1 amide bonds. The Balaban J connectivity index is 1.47. The largest absolute Gasteiger partial charge is 0.489 e. The minimum atomic E-state index is -0.598. The zero-order valence-corrected chi connectivity index (χ0v) is 21.3. The van der Waals surface area contributed by atoms with Crippen LogP contribution in [-0.4, -0.2) is 10.8 Å². The first-order valence-corrected chi connectivity index (χ1v) is 12.7. The lowest BCUT2D eigenvalue weighted by Gasteiger charge is -2.25. The van der Waals surface area contributed by atoms with Crippen LogP contribution in [0.1, 0.15) is 50.0 Å². The first-order chi connectivity index (χ1) is 18.5. The molecule has 1 aliphatic rings. The van der Waals surface area contributed by atoms with Crippen molar-refractivity contribution >= 4 is 16.9 Å². The minimum absolute atomic E-state index is 0.117. The van der Waals surface area contributed by atoms with E-state index in [1.165, 1.54) is 0 Å². The van der Waals surface area contributed by atoms with E-state index in [2.05, 4.69) is 0 Å². The molecule has 5 heteroatoms. The van der Waals surface area contributed by atoms with E-state index in [0.717, 1.165) is 27.8 Å². The Morgan fingerprint density at radius 3 is 2.26 bits per heavy atom. The summed E-state index contributed by atoms with van der Waals surface area (Å²) in [4.78, 5) is 29.5. The molecule has 0 fully saturated rings. The third kappa shape index (κ3) is 4.26. The van der Waals surface area contributed by atoms with Crippen molar-refractivity contribution in [2.24, 2.45) is 0 Å². The van der Waals surface area contributed by atoms with Crippen LogP contribution >= 0.6 is 0 Å². The lowest BCUT2D eigenvalue weighted by molar-refractivity contribution is 0.0714. The van der Waals surface area contributed by atoms with Gasteiger partial charge in [0.2, 0.25) is 5.76 Å². The highest BCUT2D eigenvalue weighted by Gasteiger charge is 2.43. The smallest absolute Gasteiger partial charge is 0.291 e. The predicted octanol–water partition coefficient (Wildman–Crippen LogP) is 6.73. The number of nitrogens with zero attached hydrogens (tertiary/aromatic N) is 1. The first-order valence-electron chi connectivity index (χ1n) is 12.7. The fraction of sp³-hybridized carbons (Fsp3) is 0.152. The molecule has 1 aromatic heterocycles. The van der Waals surface area contributed by atoms with Crippen LogP contribution in [0.15, 0.2) is 106 Å². The van der Waals surface area contributed by atoms with Crippen LogP contribution in [0.3, 0.4) is 0 Å². The second-order valence-corrected chi connectivity index (χ2v) is 9.80. The molecule has 0 spiro atoms. The summed E-state index contributed by atoms with van der Waals surface area (Å²) in [7, 11) is 0. The van der Waals surface area contributed by atoms with E-state index in [0.29, 0.717) is 35.4 Å². The molecule has 38 heavy (non-hydrogen) atoms. The Bertz CT molecular complexity index is 1710. The molecule has 6 rings (SSSR count). The zero-order chi connectivity index (χ0) is 26.2. The highest BCUT2D eigenvalue weighted by atomic mass is 16.5. The van der Waals surface area contributed by atoms with Gasteiger partial charge in [-0.1, -0.05) is 78.9 Å². The average molecular weight is 502 g/mol. The van der Waals surface area contributed by atoms with Crippen molar-refractivity contribution in [3.63, 3.8) is 0 Å². The van der Waals surface area contributed by atoms with Crippen molar-refractivity contribution in [3.8, 4) is 5.75 Å². The molecule has 1 atom stereocenters. The van der Waals surface area contributed by atoms with E-state index in [4.69, 9.17) is 9.15 Å². The van der Waals surface area contributed by atoms with Crippen LogP contribution in [0.2, 0.25) is 0 Å². The monoisotopic (exact) mass is 501 g/mol. The third-order valence-electron chi connectivity index (χ3n) is 7.02. The number of amides is 1. The quantitative estimate of drug-likeness (QED) is 0.259. The van der Waals surface area contributed by atoms with Crippen molar-refractivity contribution < 1.29 is 13.9 Å². The minimum Gasteiger partial charge on any atom is -0.489 e. The molecule has 2 heterocycles. The number of aryl methyl sites for hydroxylation is 2. The average Bonchev–Trinajstić information content (AvgIpc) is 3.21. The Morgan fingerprint density at radius 2 is 1.53 bits per heavy atom. The van der Waals surface area contributed by atoms with E-state index < -0.39 is 6.04 Å². The number of carbonyl (C=O) groups excluding carboxylic acids is 1. The molecule has 5 aromatic rings. The molecule has 188 valence electrons. The summed E-state index contributed by atoms with van der Waals surface area (Å²) < 4.78 is 12.3. The van der Waals surface area contributed by atoms with Gasteiger partial charge in [-0.05, 0) is 59.9 Å². The van der Waals surface area contributed by atoms with Gasteiger partial charge in [0.25, 0.3) is 5.91 Å². The van der Waals surface area contributed by atoms with Gasteiger partial charge >= 0.3 is 0 Å². The molecule has 4 aromatic carbocycles. The lowest BCUT2D eigenvalue weighted by atomic mass is 9.97. The summed E-state index contributed by atoms with van der Waals surface area (Å²) in [5, 5.41) is 0.497. The Hall–Kier alpha value is -4.64. The second kappa shape index (κ2) is 9.67. The summed E-state index contributed by atoms with van der Waals surface area (Å²) in [6.45, 7) is 4.62. The number of rotatable bonds is 6. The summed E-state index contributed by atoms with van der Waals surface area (Å²) in [6, 6.07) is 30.6. The molecule has 5 nitrogen and oxygen atoms in total. The number of carbonyl (C=O) groups is 1. The van der Waals surface area contributed by atoms with Gasteiger partial charge in [-0.25, -0.2) is 0 Å². The van der Waals surface area contributed by atoms with Gasteiger partial charge in [0.15, 0.2) is 5.43 Å². The van der Waals surface area contributed by atoms with E-state index in [-0.39, 0.29) is 17.1 Å². The predicted molar refractivity (Wildman–Crippen MR) is 147 cm³/mol. The molecule has 0 radical (unpaired) electrons. The maximum atomic E-state index is 14.0. The maximum absolute atomic E-state index is 14.0. The van der Waals surface area contributed by atoms with Crippen molar-refractivity contribution in [1.29, 1.82) is 0 Å². The first kappa shape index (κ1) is 23.7. The number of hydrogen-bond acceptors (Lipinski definition) is 4. The Kier molecular flexibility index (Phi) is 6.04. The van der Waals surface area contributed by atoms with Crippen LogP contribution in [0, 0.1) is 13.8 Å². The highest BCUT2D eigenvalue weighted by Crippen LogP contribution is 2.40. The molecule has 0 N–H and O–H groups in total. The second-order valence-electron chi connectivity index (χ2n) is 9.80. The fourth-order valence-electron chi connectivity index (χ4n) is 5.28. The Labute approximate surface area is 220 Å². The van der Waals surface area contributed by atoms with Crippen molar-refractivity contribution in [3.05, 3.63) is 146 Å². The van der Waals surface area contributed by atoms with Gasteiger partial charge in [-0.3, -0.25) is 9.59 Å². The number of fused-ring (bicyclic) bond motifs is 2. The SMILES string of the molecule is Cc1cc(C)c2oc3c(c(=O)c2c1)C(c1cccc(OCc2ccccc2)c1)N(Cc1ccccc1)C3=O. The molecule has 0 bridgehead atoms. The van der Waals surface area contributed by atoms with Crippen LogP contribution < -0.4 is 10.2 Å². The standard InChI is InChI=1S/C33H27NO4/c1-21-16-22(2)31-27(17-21)30(35)28-29(34(33(36)32(28)38-31)19-23-10-5-3-6-11-23)25-14-9-15-26(18-25)37-20-24-12-7-4-8-13-24/h3-18,29H,19-20H2,1-2H3. The molecule has 1 unspecified atom stereocenters. The van der Waals surface area contributed by atoms with Crippen molar-refractivity contribution in [2.45, 2.75) is 33.0 Å². The van der Waals surface area contributed by atoms with E-state index in [1.807, 2.05) is 111 Å². The number of ether oxygens (including phenoxy) is 1. The number of hydrogen-bond donors (Lipinski definition) is 0. The molecule has 0 saturated carbocycles. The Morgan fingerprint density at radius 1 is 0.816 bits per heavy atom. The summed E-state index contributed by atoms with van der Waals surface area (Å²) in [5.74, 6) is 0.498.